The minimum absolute atomic E-state index is 0.0643. The number of pyridine rings is 1. The number of nitrogens with two attached hydrogens (primary N) is 1. The van der Waals surface area contributed by atoms with Gasteiger partial charge in [-0.3, -0.25) is 4.79 Å². The van der Waals surface area contributed by atoms with E-state index in [1.165, 1.54) is 30.0 Å². The van der Waals surface area contributed by atoms with Gasteiger partial charge in [0.1, 0.15) is 5.75 Å². The molecule has 1 amide bonds. The molecule has 33 heavy (non-hydrogen) atoms. The molecule has 3 N–H and O–H groups in total. The Bertz CT molecular complexity index is 1420. The number of sulfonamides is 1. The highest BCUT2D eigenvalue weighted by Crippen LogP contribution is 2.33. The summed E-state index contributed by atoms with van der Waals surface area (Å²) in [6, 6.07) is 23.5. The van der Waals surface area contributed by atoms with Crippen LogP contribution in [0, 0.1) is 0 Å². The van der Waals surface area contributed by atoms with Crippen molar-refractivity contribution < 1.29 is 17.9 Å². The van der Waals surface area contributed by atoms with E-state index < -0.39 is 10.0 Å². The first-order chi connectivity index (χ1) is 15.8. The van der Waals surface area contributed by atoms with Crippen LogP contribution in [0.4, 0.5) is 5.69 Å². The van der Waals surface area contributed by atoms with E-state index in [1.807, 2.05) is 54.6 Å². The standard InChI is InChI=1S/C24H21N3O4S2/c1-31-18-10-11-20-21(16-6-3-2-4-7-16)14-24(27-22(20)13-18)32-15-23(28)26-17-8-5-9-19(12-17)33(25,29)30/h2-14H,15H2,1H3,(H,26,28)(H2,25,29,30). The van der Waals surface area contributed by atoms with Crippen LogP contribution in [0.15, 0.2) is 88.8 Å². The number of fused-ring (bicyclic) bond motifs is 1. The van der Waals surface area contributed by atoms with E-state index in [0.717, 1.165) is 22.0 Å². The molecule has 0 spiro atoms. The number of nitrogens with zero attached hydrogens (tertiary/aromatic N) is 1. The minimum Gasteiger partial charge on any atom is -0.497 e. The number of anilines is 1. The fraction of sp³-hybridized carbons (Fsp3) is 0.0833. The summed E-state index contributed by atoms with van der Waals surface area (Å²) in [5.74, 6) is 0.500. The summed E-state index contributed by atoms with van der Waals surface area (Å²) in [6.07, 6.45) is 0. The molecular weight excluding hydrogens is 458 g/mol. The topological polar surface area (TPSA) is 111 Å². The summed E-state index contributed by atoms with van der Waals surface area (Å²) in [5.41, 5.74) is 3.17. The number of primary sulfonamides is 1. The zero-order valence-electron chi connectivity index (χ0n) is 17.7. The second kappa shape index (κ2) is 9.62. The molecule has 1 aromatic heterocycles. The summed E-state index contributed by atoms with van der Waals surface area (Å²) >= 11 is 1.29. The molecule has 3 aromatic carbocycles. The molecule has 4 aromatic rings. The number of carbonyl (C=O) groups is 1. The van der Waals surface area contributed by atoms with Gasteiger partial charge in [-0.25, -0.2) is 18.5 Å². The van der Waals surface area contributed by atoms with Gasteiger partial charge in [0.05, 0.1) is 28.3 Å². The summed E-state index contributed by atoms with van der Waals surface area (Å²) < 4.78 is 28.4. The van der Waals surface area contributed by atoms with Crippen molar-refractivity contribution in [1.82, 2.24) is 4.98 Å². The third-order valence-corrected chi connectivity index (χ3v) is 6.70. The Morgan fingerprint density at radius 2 is 1.82 bits per heavy atom. The van der Waals surface area contributed by atoms with E-state index in [4.69, 9.17) is 14.9 Å². The summed E-state index contributed by atoms with van der Waals surface area (Å²) in [5, 5.41) is 9.52. The van der Waals surface area contributed by atoms with Crippen molar-refractivity contribution in [3.05, 3.63) is 78.9 Å². The van der Waals surface area contributed by atoms with E-state index in [9.17, 15) is 13.2 Å². The van der Waals surface area contributed by atoms with Gasteiger partial charge in [0.15, 0.2) is 0 Å². The first kappa shape index (κ1) is 22.8. The molecule has 4 rings (SSSR count). The van der Waals surface area contributed by atoms with Crippen LogP contribution < -0.4 is 15.2 Å². The van der Waals surface area contributed by atoms with Gasteiger partial charge in [0, 0.05) is 17.1 Å². The highest BCUT2D eigenvalue weighted by Gasteiger charge is 2.13. The van der Waals surface area contributed by atoms with Crippen LogP contribution in [-0.4, -0.2) is 32.2 Å². The Hall–Kier alpha value is -3.40. The number of rotatable bonds is 7. The number of methoxy groups -OCH3 is 1. The maximum atomic E-state index is 12.5. The summed E-state index contributed by atoms with van der Waals surface area (Å²) in [6.45, 7) is 0. The van der Waals surface area contributed by atoms with Gasteiger partial charge in [-0.15, -0.1) is 0 Å². The second-order valence-electron chi connectivity index (χ2n) is 7.17. The molecule has 0 unspecified atom stereocenters. The lowest BCUT2D eigenvalue weighted by Crippen LogP contribution is -2.16. The number of nitrogens with one attached hydrogen (secondary N) is 1. The van der Waals surface area contributed by atoms with E-state index in [1.54, 1.807) is 13.2 Å². The van der Waals surface area contributed by atoms with E-state index >= 15 is 0 Å². The third-order valence-electron chi connectivity index (χ3n) is 4.88. The van der Waals surface area contributed by atoms with Crippen molar-refractivity contribution >= 4 is 44.3 Å². The van der Waals surface area contributed by atoms with Gasteiger partial charge in [-0.1, -0.05) is 48.2 Å². The van der Waals surface area contributed by atoms with Gasteiger partial charge in [-0.05, 0) is 47.5 Å². The molecule has 7 nitrogen and oxygen atoms in total. The van der Waals surface area contributed by atoms with Crippen molar-refractivity contribution in [1.29, 1.82) is 0 Å². The number of benzene rings is 3. The van der Waals surface area contributed by atoms with Crippen LogP contribution in [0.1, 0.15) is 0 Å². The van der Waals surface area contributed by atoms with Crippen molar-refractivity contribution in [2.24, 2.45) is 5.14 Å². The maximum absolute atomic E-state index is 12.5. The molecule has 0 saturated heterocycles. The number of thioether (sulfide) groups is 1. The molecular formula is C24H21N3O4S2. The zero-order valence-corrected chi connectivity index (χ0v) is 19.3. The number of ether oxygens (including phenoxy) is 1. The molecule has 9 heteroatoms. The monoisotopic (exact) mass is 479 g/mol. The predicted molar refractivity (Wildman–Crippen MR) is 131 cm³/mol. The number of amides is 1. The number of hydrogen-bond donors (Lipinski definition) is 2. The lowest BCUT2D eigenvalue weighted by atomic mass is 10.0. The van der Waals surface area contributed by atoms with Crippen molar-refractivity contribution in [2.45, 2.75) is 9.92 Å². The van der Waals surface area contributed by atoms with Gasteiger partial charge < -0.3 is 10.1 Å². The fourth-order valence-electron chi connectivity index (χ4n) is 3.33. The molecule has 0 saturated carbocycles. The molecule has 0 aliphatic rings. The molecule has 0 fully saturated rings. The quantitative estimate of drug-likeness (QED) is 0.383. The molecule has 0 radical (unpaired) electrons. The van der Waals surface area contributed by atoms with Crippen LogP contribution in [0.5, 0.6) is 5.75 Å². The Morgan fingerprint density at radius 1 is 1.03 bits per heavy atom. The van der Waals surface area contributed by atoms with Crippen LogP contribution in [0.25, 0.3) is 22.0 Å². The second-order valence-corrected chi connectivity index (χ2v) is 9.72. The fourth-order valence-corrected chi connectivity index (χ4v) is 4.60. The minimum atomic E-state index is -3.85. The Labute approximate surface area is 196 Å². The largest absolute Gasteiger partial charge is 0.497 e. The van der Waals surface area contributed by atoms with E-state index in [2.05, 4.69) is 5.32 Å². The maximum Gasteiger partial charge on any atom is 0.238 e. The lowest BCUT2D eigenvalue weighted by Gasteiger charge is -2.11. The molecule has 1 heterocycles. The average Bonchev–Trinajstić information content (AvgIpc) is 2.82. The van der Waals surface area contributed by atoms with Crippen molar-refractivity contribution in [3.8, 4) is 16.9 Å². The zero-order chi connectivity index (χ0) is 23.4. The van der Waals surface area contributed by atoms with Crippen molar-refractivity contribution in [2.75, 3.05) is 18.2 Å². The summed E-state index contributed by atoms with van der Waals surface area (Å²) in [7, 11) is -2.25. The number of hydrogen-bond acceptors (Lipinski definition) is 6. The van der Waals surface area contributed by atoms with Crippen LogP contribution in [0.2, 0.25) is 0 Å². The third kappa shape index (κ3) is 5.51. The molecule has 0 atom stereocenters. The first-order valence-corrected chi connectivity index (χ1v) is 12.5. The van der Waals surface area contributed by atoms with Crippen LogP contribution in [0.3, 0.4) is 0 Å². The average molecular weight is 480 g/mol. The number of aromatic nitrogens is 1. The Balaban J connectivity index is 1.58. The van der Waals surface area contributed by atoms with Gasteiger partial charge in [0.25, 0.3) is 0 Å². The first-order valence-electron chi connectivity index (χ1n) is 9.93. The number of carbonyl (C=O) groups excluding carboxylic acids is 1. The normalized spacial score (nSPS) is 11.3. The van der Waals surface area contributed by atoms with Crippen LogP contribution >= 0.6 is 11.8 Å². The Kier molecular flexibility index (Phi) is 6.64. The molecule has 168 valence electrons. The van der Waals surface area contributed by atoms with Gasteiger partial charge >= 0.3 is 0 Å². The highest BCUT2D eigenvalue weighted by atomic mass is 32.2. The van der Waals surface area contributed by atoms with Gasteiger partial charge in [-0.2, -0.15) is 0 Å². The van der Waals surface area contributed by atoms with E-state index in [0.29, 0.717) is 16.5 Å². The molecule has 0 aliphatic carbocycles. The smallest absolute Gasteiger partial charge is 0.238 e. The Morgan fingerprint density at radius 3 is 2.55 bits per heavy atom. The van der Waals surface area contributed by atoms with Crippen LogP contribution in [-0.2, 0) is 14.8 Å². The van der Waals surface area contributed by atoms with E-state index in [-0.39, 0.29) is 16.6 Å². The SMILES string of the molecule is COc1ccc2c(-c3ccccc3)cc(SCC(=O)Nc3cccc(S(N)(=O)=O)c3)nc2c1. The molecule has 0 bridgehead atoms. The highest BCUT2D eigenvalue weighted by molar-refractivity contribution is 7.99. The summed E-state index contributed by atoms with van der Waals surface area (Å²) in [4.78, 5) is 17.1. The van der Waals surface area contributed by atoms with Gasteiger partial charge in [0.2, 0.25) is 15.9 Å². The predicted octanol–water partition coefficient (Wildman–Crippen LogP) is 4.29. The van der Waals surface area contributed by atoms with Crippen molar-refractivity contribution in [3.63, 3.8) is 0 Å². The lowest BCUT2D eigenvalue weighted by molar-refractivity contribution is -0.113. The molecule has 0 aliphatic heterocycles.